The van der Waals surface area contributed by atoms with Gasteiger partial charge in [0.25, 0.3) is 0 Å². The first-order valence-corrected chi connectivity index (χ1v) is 5.48. The van der Waals surface area contributed by atoms with Crippen LogP contribution >= 0.6 is 0 Å². The summed E-state index contributed by atoms with van der Waals surface area (Å²) >= 11 is 0. The molecule has 5 heteroatoms. The van der Waals surface area contributed by atoms with Crippen LogP contribution in [0.3, 0.4) is 0 Å². The number of rotatable bonds is 7. The number of methoxy groups -OCH3 is 1. The van der Waals surface area contributed by atoms with Crippen LogP contribution in [0.25, 0.3) is 0 Å². The molecule has 0 amide bonds. The standard InChI is InChI=1S/C12H17F2NO2/c1-16-4-2-3-5-17-12-10(13)6-9(8-15)7-11(12)14/h6-7H,2-5,8,15H2,1H3. The predicted octanol–water partition coefficient (Wildman–Crippen LogP) is 2.23. The van der Waals surface area contributed by atoms with Crippen LogP contribution in [0.5, 0.6) is 5.75 Å². The lowest BCUT2D eigenvalue weighted by Crippen LogP contribution is -2.05. The van der Waals surface area contributed by atoms with E-state index < -0.39 is 11.6 Å². The maximum absolute atomic E-state index is 13.4. The van der Waals surface area contributed by atoms with E-state index in [4.69, 9.17) is 15.2 Å². The molecule has 1 rings (SSSR count). The number of ether oxygens (including phenoxy) is 2. The van der Waals surface area contributed by atoms with E-state index in [1.807, 2.05) is 0 Å². The number of benzene rings is 1. The average Bonchev–Trinajstić information content (AvgIpc) is 2.31. The fourth-order valence-corrected chi connectivity index (χ4v) is 1.39. The molecule has 0 saturated heterocycles. The first-order chi connectivity index (χ1) is 8.19. The van der Waals surface area contributed by atoms with Crippen LogP contribution < -0.4 is 10.5 Å². The Hall–Kier alpha value is -1.20. The van der Waals surface area contributed by atoms with Crippen LogP contribution in [0, 0.1) is 11.6 Å². The molecule has 1 aromatic carbocycles. The largest absolute Gasteiger partial charge is 0.488 e. The zero-order valence-corrected chi connectivity index (χ0v) is 9.84. The molecule has 0 radical (unpaired) electrons. The summed E-state index contributed by atoms with van der Waals surface area (Å²) in [7, 11) is 1.60. The molecule has 0 fully saturated rings. The maximum atomic E-state index is 13.4. The van der Waals surface area contributed by atoms with Crippen LogP contribution in [0.4, 0.5) is 8.78 Å². The molecule has 2 N–H and O–H groups in total. The zero-order valence-electron chi connectivity index (χ0n) is 9.84. The van der Waals surface area contributed by atoms with Crippen molar-refractivity contribution in [2.24, 2.45) is 5.73 Å². The van der Waals surface area contributed by atoms with Gasteiger partial charge in [-0.2, -0.15) is 0 Å². The molecule has 0 aliphatic rings. The van der Waals surface area contributed by atoms with Gasteiger partial charge in [0, 0.05) is 20.3 Å². The fourth-order valence-electron chi connectivity index (χ4n) is 1.39. The molecule has 0 unspecified atom stereocenters. The summed E-state index contributed by atoms with van der Waals surface area (Å²) in [6, 6.07) is 2.38. The number of hydrogen-bond acceptors (Lipinski definition) is 3. The van der Waals surface area contributed by atoms with Gasteiger partial charge in [-0.05, 0) is 30.5 Å². The molecule has 0 atom stereocenters. The van der Waals surface area contributed by atoms with Crippen molar-refractivity contribution in [3.8, 4) is 5.75 Å². The molecule has 0 aromatic heterocycles. The third-order valence-electron chi connectivity index (χ3n) is 2.28. The van der Waals surface area contributed by atoms with Gasteiger partial charge in [-0.25, -0.2) is 8.78 Å². The Balaban J connectivity index is 2.53. The molecular weight excluding hydrogens is 228 g/mol. The van der Waals surface area contributed by atoms with E-state index in [1.165, 1.54) is 12.1 Å². The first-order valence-electron chi connectivity index (χ1n) is 5.48. The lowest BCUT2D eigenvalue weighted by molar-refractivity contribution is 0.182. The Bertz CT molecular complexity index is 335. The minimum absolute atomic E-state index is 0.0992. The summed E-state index contributed by atoms with van der Waals surface area (Å²) in [5.41, 5.74) is 5.71. The third kappa shape index (κ3) is 4.28. The topological polar surface area (TPSA) is 44.5 Å². The minimum atomic E-state index is -0.711. The molecule has 96 valence electrons. The molecule has 3 nitrogen and oxygen atoms in total. The van der Waals surface area contributed by atoms with Crippen LogP contribution in [0.2, 0.25) is 0 Å². The van der Waals surface area contributed by atoms with Gasteiger partial charge in [0.05, 0.1) is 6.61 Å². The van der Waals surface area contributed by atoms with E-state index in [2.05, 4.69) is 0 Å². The molecule has 0 spiro atoms. The monoisotopic (exact) mass is 245 g/mol. The smallest absolute Gasteiger partial charge is 0.190 e. The average molecular weight is 245 g/mol. The van der Waals surface area contributed by atoms with Crippen LogP contribution in [-0.4, -0.2) is 20.3 Å². The van der Waals surface area contributed by atoms with E-state index in [1.54, 1.807) is 7.11 Å². The lowest BCUT2D eigenvalue weighted by atomic mass is 10.2. The highest BCUT2D eigenvalue weighted by molar-refractivity contribution is 5.31. The normalized spacial score (nSPS) is 10.6. The van der Waals surface area contributed by atoms with Gasteiger partial charge < -0.3 is 15.2 Å². The zero-order chi connectivity index (χ0) is 12.7. The van der Waals surface area contributed by atoms with Gasteiger partial charge in [0.15, 0.2) is 17.4 Å². The van der Waals surface area contributed by atoms with E-state index >= 15 is 0 Å². The molecule has 0 bridgehead atoms. The Kier molecular flexibility index (Phi) is 5.86. The second-order valence-corrected chi connectivity index (χ2v) is 3.64. The second-order valence-electron chi connectivity index (χ2n) is 3.64. The Morgan fingerprint density at radius 1 is 1.12 bits per heavy atom. The van der Waals surface area contributed by atoms with Crippen molar-refractivity contribution < 1.29 is 18.3 Å². The SMILES string of the molecule is COCCCCOc1c(F)cc(CN)cc1F. The van der Waals surface area contributed by atoms with Gasteiger partial charge in [0.2, 0.25) is 0 Å². The summed E-state index contributed by atoms with van der Waals surface area (Å²) in [4.78, 5) is 0. The molecule has 0 saturated carbocycles. The molecule has 0 aliphatic carbocycles. The number of unbranched alkanes of at least 4 members (excludes halogenated alkanes) is 1. The highest BCUT2D eigenvalue weighted by Crippen LogP contribution is 2.23. The molecule has 0 heterocycles. The summed E-state index contributed by atoms with van der Waals surface area (Å²) in [6.45, 7) is 0.974. The summed E-state index contributed by atoms with van der Waals surface area (Å²) in [5, 5.41) is 0. The summed E-state index contributed by atoms with van der Waals surface area (Å²) < 4.78 is 36.8. The molecule has 0 aliphatic heterocycles. The first kappa shape index (κ1) is 13.9. The highest BCUT2D eigenvalue weighted by Gasteiger charge is 2.11. The van der Waals surface area contributed by atoms with E-state index in [9.17, 15) is 8.78 Å². The Morgan fingerprint density at radius 3 is 2.24 bits per heavy atom. The molecular formula is C12H17F2NO2. The Labute approximate surface area is 99.5 Å². The van der Waals surface area contributed by atoms with E-state index in [-0.39, 0.29) is 18.9 Å². The van der Waals surface area contributed by atoms with Gasteiger partial charge in [0.1, 0.15) is 0 Å². The molecule has 1 aromatic rings. The highest BCUT2D eigenvalue weighted by atomic mass is 19.1. The van der Waals surface area contributed by atoms with E-state index in [0.717, 1.165) is 6.42 Å². The van der Waals surface area contributed by atoms with Crippen LogP contribution in [0.1, 0.15) is 18.4 Å². The van der Waals surface area contributed by atoms with Crippen molar-refractivity contribution in [3.63, 3.8) is 0 Å². The van der Waals surface area contributed by atoms with Crippen molar-refractivity contribution in [1.29, 1.82) is 0 Å². The van der Waals surface area contributed by atoms with Gasteiger partial charge in [-0.3, -0.25) is 0 Å². The van der Waals surface area contributed by atoms with Crippen molar-refractivity contribution in [2.75, 3.05) is 20.3 Å². The maximum Gasteiger partial charge on any atom is 0.190 e. The van der Waals surface area contributed by atoms with Gasteiger partial charge in [-0.15, -0.1) is 0 Å². The lowest BCUT2D eigenvalue weighted by Gasteiger charge is -2.09. The predicted molar refractivity (Wildman–Crippen MR) is 60.9 cm³/mol. The second kappa shape index (κ2) is 7.19. The van der Waals surface area contributed by atoms with Crippen molar-refractivity contribution in [2.45, 2.75) is 19.4 Å². The summed E-state index contributed by atoms with van der Waals surface area (Å²) in [6.07, 6.45) is 1.48. The number of nitrogens with two attached hydrogens (primary N) is 1. The van der Waals surface area contributed by atoms with Gasteiger partial charge >= 0.3 is 0 Å². The quantitative estimate of drug-likeness (QED) is 0.749. The van der Waals surface area contributed by atoms with Crippen molar-refractivity contribution in [3.05, 3.63) is 29.3 Å². The fraction of sp³-hybridized carbons (Fsp3) is 0.500. The van der Waals surface area contributed by atoms with Gasteiger partial charge in [-0.1, -0.05) is 0 Å². The molecule has 17 heavy (non-hydrogen) atoms. The van der Waals surface area contributed by atoms with E-state index in [0.29, 0.717) is 18.6 Å². The van der Waals surface area contributed by atoms with Crippen molar-refractivity contribution in [1.82, 2.24) is 0 Å². The minimum Gasteiger partial charge on any atom is -0.488 e. The number of hydrogen-bond donors (Lipinski definition) is 1. The van der Waals surface area contributed by atoms with Crippen LogP contribution in [-0.2, 0) is 11.3 Å². The number of halogens is 2. The summed E-state index contributed by atoms with van der Waals surface area (Å²) in [5.74, 6) is -1.76. The van der Waals surface area contributed by atoms with Crippen molar-refractivity contribution >= 4 is 0 Å². The Morgan fingerprint density at radius 2 is 1.71 bits per heavy atom. The third-order valence-corrected chi connectivity index (χ3v) is 2.28. The van der Waals surface area contributed by atoms with Crippen LogP contribution in [0.15, 0.2) is 12.1 Å².